The number of nitrogens with zero attached hydrogens (tertiary/aromatic N) is 5. The van der Waals surface area contributed by atoms with E-state index in [1.54, 1.807) is 23.4 Å². The average Bonchev–Trinajstić information content (AvgIpc) is 3.25. The van der Waals surface area contributed by atoms with Crippen molar-refractivity contribution >= 4 is 17.1 Å². The van der Waals surface area contributed by atoms with Crippen LogP contribution >= 0.6 is 0 Å². The predicted molar refractivity (Wildman–Crippen MR) is 112 cm³/mol. The Balaban J connectivity index is 1.25. The first-order valence-electron chi connectivity index (χ1n) is 10.4. The summed E-state index contributed by atoms with van der Waals surface area (Å²) in [5.41, 5.74) is 2.82. The van der Waals surface area contributed by atoms with Gasteiger partial charge in [0.15, 0.2) is 5.65 Å². The van der Waals surface area contributed by atoms with Gasteiger partial charge in [0.25, 0.3) is 5.91 Å². The molecule has 0 aromatic carbocycles. The molecule has 0 radical (unpaired) electrons. The summed E-state index contributed by atoms with van der Waals surface area (Å²) in [7, 11) is 1.90. The molecule has 9 nitrogen and oxygen atoms in total. The SMILES string of the molecule is Cc1ccc(OC2CO[C@H]3CN(C(=O)c4ccnc5c4nc(C)n5C)C[C@@H]3OC2)cn1. The van der Waals surface area contributed by atoms with Crippen molar-refractivity contribution in [1.29, 1.82) is 0 Å². The minimum atomic E-state index is -0.212. The number of imidazole rings is 1. The first-order valence-corrected chi connectivity index (χ1v) is 10.4. The Morgan fingerprint density at radius 1 is 1.10 bits per heavy atom. The third-order valence-corrected chi connectivity index (χ3v) is 5.89. The predicted octanol–water partition coefficient (Wildman–Crippen LogP) is 1.67. The maximum absolute atomic E-state index is 13.2. The zero-order valence-electron chi connectivity index (χ0n) is 17.8. The Morgan fingerprint density at radius 3 is 2.52 bits per heavy atom. The van der Waals surface area contributed by atoms with Gasteiger partial charge in [-0.05, 0) is 32.0 Å². The summed E-state index contributed by atoms with van der Waals surface area (Å²) in [4.78, 5) is 28.2. The van der Waals surface area contributed by atoms with Gasteiger partial charge in [0, 0.05) is 32.0 Å². The fourth-order valence-electron chi connectivity index (χ4n) is 4.06. The van der Waals surface area contributed by atoms with E-state index < -0.39 is 0 Å². The number of likely N-dealkylation sites (tertiary alicyclic amines) is 1. The van der Waals surface area contributed by atoms with E-state index in [0.29, 0.717) is 48.8 Å². The fourth-order valence-corrected chi connectivity index (χ4v) is 4.06. The molecule has 0 unspecified atom stereocenters. The molecule has 2 fully saturated rings. The van der Waals surface area contributed by atoms with E-state index in [-0.39, 0.29) is 24.2 Å². The van der Waals surface area contributed by atoms with Gasteiger partial charge >= 0.3 is 0 Å². The van der Waals surface area contributed by atoms with E-state index in [1.165, 1.54) is 0 Å². The number of amides is 1. The minimum Gasteiger partial charge on any atom is -0.484 e. The van der Waals surface area contributed by atoms with Gasteiger partial charge in [0.1, 0.15) is 35.4 Å². The molecule has 0 spiro atoms. The number of aryl methyl sites for hydroxylation is 3. The van der Waals surface area contributed by atoms with E-state index >= 15 is 0 Å². The highest BCUT2D eigenvalue weighted by Crippen LogP contribution is 2.25. The van der Waals surface area contributed by atoms with Gasteiger partial charge in [-0.25, -0.2) is 9.97 Å². The number of fused-ring (bicyclic) bond motifs is 2. The van der Waals surface area contributed by atoms with Crippen LogP contribution in [0.4, 0.5) is 0 Å². The zero-order valence-corrected chi connectivity index (χ0v) is 17.8. The number of hydrogen-bond donors (Lipinski definition) is 0. The summed E-state index contributed by atoms with van der Waals surface area (Å²) < 4.78 is 20.0. The van der Waals surface area contributed by atoms with Crippen molar-refractivity contribution in [2.24, 2.45) is 7.05 Å². The molecule has 5 rings (SSSR count). The first kappa shape index (κ1) is 19.9. The molecule has 9 heteroatoms. The molecular weight excluding hydrogens is 398 g/mol. The quantitative estimate of drug-likeness (QED) is 0.633. The van der Waals surface area contributed by atoms with E-state index in [0.717, 1.165) is 11.5 Å². The Bertz CT molecular complexity index is 1100. The van der Waals surface area contributed by atoms with Gasteiger partial charge in [-0.3, -0.25) is 9.78 Å². The van der Waals surface area contributed by atoms with Crippen LogP contribution in [0.3, 0.4) is 0 Å². The number of carbonyl (C=O) groups is 1. The molecule has 3 aromatic rings. The number of pyridine rings is 2. The van der Waals surface area contributed by atoms with Gasteiger partial charge in [-0.2, -0.15) is 0 Å². The van der Waals surface area contributed by atoms with Gasteiger partial charge in [-0.1, -0.05) is 0 Å². The Labute approximate surface area is 180 Å². The summed E-state index contributed by atoms with van der Waals surface area (Å²) in [6.45, 7) is 5.57. The Kier molecular flexibility index (Phi) is 5.07. The maximum Gasteiger partial charge on any atom is 0.256 e. The highest BCUT2D eigenvalue weighted by atomic mass is 16.6. The van der Waals surface area contributed by atoms with Gasteiger partial charge < -0.3 is 23.7 Å². The van der Waals surface area contributed by atoms with Crippen LogP contribution in [0.2, 0.25) is 0 Å². The second-order valence-electron chi connectivity index (χ2n) is 8.08. The van der Waals surface area contributed by atoms with Gasteiger partial charge in [0.05, 0.1) is 25.0 Å². The second-order valence-corrected chi connectivity index (χ2v) is 8.08. The molecule has 0 bridgehead atoms. The molecule has 2 atom stereocenters. The molecule has 5 heterocycles. The Morgan fingerprint density at radius 2 is 1.84 bits per heavy atom. The molecule has 2 aliphatic heterocycles. The summed E-state index contributed by atoms with van der Waals surface area (Å²) in [6, 6.07) is 5.53. The molecule has 0 N–H and O–H groups in total. The molecule has 3 aromatic heterocycles. The highest BCUT2D eigenvalue weighted by molar-refractivity contribution is 6.04. The van der Waals surface area contributed by atoms with Crippen LogP contribution in [0, 0.1) is 13.8 Å². The second kappa shape index (κ2) is 7.90. The highest BCUT2D eigenvalue weighted by Gasteiger charge is 2.40. The summed E-state index contributed by atoms with van der Waals surface area (Å²) >= 11 is 0. The van der Waals surface area contributed by atoms with Crippen molar-refractivity contribution in [3.63, 3.8) is 0 Å². The van der Waals surface area contributed by atoms with Crippen molar-refractivity contribution in [3.05, 3.63) is 47.7 Å². The Hall–Kier alpha value is -3.04. The number of hydrogen-bond acceptors (Lipinski definition) is 7. The lowest BCUT2D eigenvalue weighted by Crippen LogP contribution is -2.33. The topological polar surface area (TPSA) is 91.6 Å². The van der Waals surface area contributed by atoms with Crippen LogP contribution in [0.5, 0.6) is 5.75 Å². The molecular formula is C22H25N5O4. The first-order chi connectivity index (χ1) is 15.0. The number of aromatic nitrogens is 4. The maximum atomic E-state index is 13.2. The van der Waals surface area contributed by atoms with Crippen molar-refractivity contribution in [2.45, 2.75) is 32.2 Å². The van der Waals surface area contributed by atoms with Crippen LogP contribution in [0.25, 0.3) is 11.2 Å². The van der Waals surface area contributed by atoms with Crippen molar-refractivity contribution in [2.75, 3.05) is 26.3 Å². The lowest BCUT2D eigenvalue weighted by atomic mass is 10.2. The van der Waals surface area contributed by atoms with Crippen LogP contribution in [0.1, 0.15) is 21.9 Å². The monoisotopic (exact) mass is 423 g/mol. The fraction of sp³-hybridized carbons (Fsp3) is 0.455. The molecule has 0 saturated carbocycles. The number of rotatable bonds is 3. The zero-order chi connectivity index (χ0) is 21.5. The lowest BCUT2D eigenvalue weighted by molar-refractivity contribution is -0.00461. The number of ether oxygens (including phenoxy) is 3. The summed E-state index contributed by atoms with van der Waals surface area (Å²) in [5.74, 6) is 1.43. The van der Waals surface area contributed by atoms with Gasteiger partial charge in [-0.15, -0.1) is 0 Å². The average molecular weight is 423 g/mol. The van der Waals surface area contributed by atoms with Crippen molar-refractivity contribution in [3.8, 4) is 5.75 Å². The number of carbonyl (C=O) groups excluding carboxylic acids is 1. The van der Waals surface area contributed by atoms with Crippen LogP contribution in [0.15, 0.2) is 30.6 Å². The standard InChI is InChI=1S/C22H25N5O4/c1-13-4-5-15(8-24-13)31-16-11-29-18-9-27(10-19(18)30-12-16)22(28)17-6-7-23-21-20(17)25-14(2)26(21)3/h4-8,16,18-19H,9-12H2,1-3H3/t18-,19-/m0/s1. The van der Waals surface area contributed by atoms with Crippen molar-refractivity contribution in [1.82, 2.24) is 24.4 Å². The molecule has 1 amide bonds. The van der Waals surface area contributed by atoms with E-state index in [2.05, 4.69) is 15.0 Å². The normalized spacial score (nSPS) is 21.8. The van der Waals surface area contributed by atoms with E-state index in [1.807, 2.05) is 37.6 Å². The van der Waals surface area contributed by atoms with E-state index in [9.17, 15) is 4.79 Å². The molecule has 2 saturated heterocycles. The molecule has 31 heavy (non-hydrogen) atoms. The molecule has 2 aliphatic rings. The summed E-state index contributed by atoms with van der Waals surface area (Å²) in [5, 5.41) is 0. The van der Waals surface area contributed by atoms with Crippen LogP contribution in [-0.2, 0) is 16.5 Å². The van der Waals surface area contributed by atoms with Crippen LogP contribution in [-0.4, -0.2) is 74.9 Å². The minimum absolute atomic E-state index is 0.0793. The molecule has 162 valence electrons. The van der Waals surface area contributed by atoms with Crippen LogP contribution < -0.4 is 4.74 Å². The smallest absolute Gasteiger partial charge is 0.256 e. The van der Waals surface area contributed by atoms with Gasteiger partial charge in [0.2, 0.25) is 0 Å². The largest absolute Gasteiger partial charge is 0.484 e. The van der Waals surface area contributed by atoms with Crippen molar-refractivity contribution < 1.29 is 19.0 Å². The third kappa shape index (κ3) is 3.75. The lowest BCUT2D eigenvalue weighted by Gasteiger charge is -2.19. The summed E-state index contributed by atoms with van der Waals surface area (Å²) in [6.07, 6.45) is 2.78. The molecule has 0 aliphatic carbocycles. The van der Waals surface area contributed by atoms with E-state index in [4.69, 9.17) is 14.2 Å². The third-order valence-electron chi connectivity index (χ3n) is 5.89.